The van der Waals surface area contributed by atoms with E-state index < -0.39 is 11.6 Å². The van der Waals surface area contributed by atoms with Gasteiger partial charge in [-0.25, -0.2) is 4.39 Å². The van der Waals surface area contributed by atoms with Gasteiger partial charge in [-0.1, -0.05) is 0 Å². The number of hydrogen-bond acceptors (Lipinski definition) is 3. The van der Waals surface area contributed by atoms with E-state index in [4.69, 9.17) is 10.4 Å². The molecular weight excluding hydrogens is 197 g/mol. The monoisotopic (exact) mass is 205 g/mol. The van der Waals surface area contributed by atoms with E-state index in [1.54, 1.807) is 6.07 Å². The summed E-state index contributed by atoms with van der Waals surface area (Å²) >= 11 is 0. The first-order valence-corrected chi connectivity index (χ1v) is 4.16. The fraction of sp³-hybridized carbons (Fsp3) is 0.0909. The number of halogens is 1. The first kappa shape index (κ1) is 10.9. The normalized spacial score (nSPS) is 11.5. The number of ketones is 1. The highest BCUT2D eigenvalue weighted by molar-refractivity contribution is 6.11. The second-order valence-corrected chi connectivity index (χ2v) is 2.91. The van der Waals surface area contributed by atoms with Crippen LogP contribution in [0.2, 0.25) is 0 Å². The van der Waals surface area contributed by atoms with Crippen LogP contribution in [0, 0.1) is 17.1 Å². The van der Waals surface area contributed by atoms with Crippen molar-refractivity contribution in [2.24, 2.45) is 0 Å². The molecule has 0 atom stereocenters. The Morgan fingerprint density at radius 2 is 1.93 bits per heavy atom. The molecule has 0 unspecified atom stereocenters. The molecule has 1 N–H and O–H groups in total. The maximum absolute atomic E-state index is 12.6. The van der Waals surface area contributed by atoms with Crippen molar-refractivity contribution in [2.45, 2.75) is 6.92 Å². The minimum atomic E-state index is -0.613. The van der Waals surface area contributed by atoms with Gasteiger partial charge in [-0.15, -0.1) is 0 Å². The summed E-state index contributed by atoms with van der Waals surface area (Å²) in [6, 6.07) is 6.36. The molecule has 0 bridgehead atoms. The predicted octanol–water partition coefficient (Wildman–Crippen LogP) is 2.36. The van der Waals surface area contributed by atoms with Crippen LogP contribution in [-0.4, -0.2) is 10.9 Å². The predicted molar refractivity (Wildman–Crippen MR) is 51.7 cm³/mol. The summed E-state index contributed by atoms with van der Waals surface area (Å²) in [5.74, 6) is -1.42. The molecule has 0 spiro atoms. The maximum atomic E-state index is 12.6. The fourth-order valence-electron chi connectivity index (χ4n) is 1.04. The summed E-state index contributed by atoms with van der Waals surface area (Å²) in [7, 11) is 0. The maximum Gasteiger partial charge on any atom is 0.206 e. The van der Waals surface area contributed by atoms with Gasteiger partial charge in [-0.05, 0) is 31.2 Å². The molecule has 0 aromatic heterocycles. The number of rotatable bonds is 2. The van der Waals surface area contributed by atoms with Gasteiger partial charge in [0.2, 0.25) is 5.78 Å². The molecule has 0 radical (unpaired) electrons. The molecule has 1 rings (SSSR count). The van der Waals surface area contributed by atoms with Gasteiger partial charge in [-0.3, -0.25) is 4.79 Å². The van der Waals surface area contributed by atoms with Gasteiger partial charge in [0, 0.05) is 5.56 Å². The van der Waals surface area contributed by atoms with E-state index in [1.807, 2.05) is 0 Å². The standard InChI is InChI=1S/C11H8FNO2/c1-7(14)10(6-13)11(15)8-2-4-9(12)5-3-8/h2-5,14H,1H3. The Bertz CT molecular complexity index is 450. The molecule has 0 aliphatic heterocycles. The lowest BCUT2D eigenvalue weighted by Gasteiger charge is -1.99. The summed E-state index contributed by atoms with van der Waals surface area (Å²) in [6.45, 7) is 1.25. The third kappa shape index (κ3) is 2.41. The molecule has 0 saturated heterocycles. The molecule has 15 heavy (non-hydrogen) atoms. The molecule has 1 aromatic carbocycles. The van der Waals surface area contributed by atoms with E-state index in [2.05, 4.69) is 0 Å². The number of Topliss-reactive ketones (excluding diaryl/α,β-unsaturated/α-hetero) is 1. The van der Waals surface area contributed by atoms with Crippen LogP contribution in [0.4, 0.5) is 4.39 Å². The van der Waals surface area contributed by atoms with E-state index in [0.717, 1.165) is 12.1 Å². The van der Waals surface area contributed by atoms with Crippen molar-refractivity contribution in [3.63, 3.8) is 0 Å². The Hall–Kier alpha value is -2.15. The molecule has 0 fully saturated rings. The minimum Gasteiger partial charge on any atom is -0.511 e. The zero-order chi connectivity index (χ0) is 11.4. The number of allylic oxidation sites excluding steroid dienone is 2. The van der Waals surface area contributed by atoms with Crippen LogP contribution in [0.15, 0.2) is 35.6 Å². The molecule has 0 saturated carbocycles. The fourth-order valence-corrected chi connectivity index (χ4v) is 1.04. The van der Waals surface area contributed by atoms with Gasteiger partial charge >= 0.3 is 0 Å². The Kier molecular flexibility index (Phi) is 3.19. The lowest BCUT2D eigenvalue weighted by Crippen LogP contribution is -2.04. The lowest BCUT2D eigenvalue weighted by atomic mass is 10.0. The topological polar surface area (TPSA) is 61.1 Å². The average Bonchev–Trinajstić information content (AvgIpc) is 2.19. The van der Waals surface area contributed by atoms with Crippen molar-refractivity contribution in [2.75, 3.05) is 0 Å². The van der Waals surface area contributed by atoms with E-state index in [0.29, 0.717) is 0 Å². The summed E-state index contributed by atoms with van der Waals surface area (Å²) in [4.78, 5) is 11.6. The quantitative estimate of drug-likeness (QED) is 0.349. The molecule has 3 nitrogen and oxygen atoms in total. The summed E-state index contributed by atoms with van der Waals surface area (Å²) in [6.07, 6.45) is 0. The van der Waals surface area contributed by atoms with Crippen molar-refractivity contribution in [1.29, 1.82) is 5.26 Å². The van der Waals surface area contributed by atoms with E-state index in [1.165, 1.54) is 19.1 Å². The van der Waals surface area contributed by atoms with Gasteiger partial charge in [-0.2, -0.15) is 5.26 Å². The third-order valence-electron chi connectivity index (χ3n) is 1.81. The number of aliphatic hydroxyl groups is 1. The van der Waals surface area contributed by atoms with Crippen LogP contribution in [0.3, 0.4) is 0 Å². The van der Waals surface area contributed by atoms with Crippen LogP contribution in [0.5, 0.6) is 0 Å². The van der Waals surface area contributed by atoms with Crippen LogP contribution in [0.25, 0.3) is 0 Å². The van der Waals surface area contributed by atoms with E-state index >= 15 is 0 Å². The van der Waals surface area contributed by atoms with Gasteiger partial charge < -0.3 is 5.11 Å². The van der Waals surface area contributed by atoms with Crippen LogP contribution in [-0.2, 0) is 0 Å². The second kappa shape index (κ2) is 4.38. The van der Waals surface area contributed by atoms with E-state index in [-0.39, 0.29) is 16.9 Å². The zero-order valence-corrected chi connectivity index (χ0v) is 7.99. The summed E-state index contributed by atoms with van der Waals surface area (Å²) in [5.41, 5.74) is -0.164. The molecule has 0 heterocycles. The number of nitrogens with zero attached hydrogens (tertiary/aromatic N) is 1. The number of hydrogen-bond donors (Lipinski definition) is 1. The van der Waals surface area contributed by atoms with Gasteiger partial charge in [0.05, 0.1) is 0 Å². The zero-order valence-electron chi connectivity index (χ0n) is 7.99. The SMILES string of the molecule is CC(O)=C(C#N)C(=O)c1ccc(F)cc1. The number of aliphatic hydroxyl groups excluding tert-OH is 1. The molecule has 76 valence electrons. The molecule has 0 aliphatic carbocycles. The van der Waals surface area contributed by atoms with E-state index in [9.17, 15) is 9.18 Å². The molecular formula is C11H8FNO2. The Morgan fingerprint density at radius 1 is 1.40 bits per heavy atom. The molecule has 4 heteroatoms. The first-order chi connectivity index (χ1) is 7.06. The Morgan fingerprint density at radius 3 is 2.33 bits per heavy atom. The van der Waals surface area contributed by atoms with Crippen molar-refractivity contribution in [3.8, 4) is 6.07 Å². The lowest BCUT2D eigenvalue weighted by molar-refractivity contribution is 0.103. The first-order valence-electron chi connectivity index (χ1n) is 4.16. The average molecular weight is 205 g/mol. The smallest absolute Gasteiger partial charge is 0.206 e. The molecule has 1 aromatic rings. The number of carbonyl (C=O) groups is 1. The number of benzene rings is 1. The van der Waals surface area contributed by atoms with Crippen LogP contribution in [0.1, 0.15) is 17.3 Å². The summed E-state index contributed by atoms with van der Waals surface area (Å²) < 4.78 is 12.6. The van der Waals surface area contributed by atoms with Crippen molar-refractivity contribution in [3.05, 3.63) is 47.0 Å². The summed E-state index contributed by atoms with van der Waals surface area (Å²) in [5, 5.41) is 17.7. The van der Waals surface area contributed by atoms with Crippen molar-refractivity contribution in [1.82, 2.24) is 0 Å². The Labute approximate surface area is 86.1 Å². The molecule has 0 amide bonds. The van der Waals surface area contributed by atoms with Crippen LogP contribution >= 0.6 is 0 Å². The highest BCUT2D eigenvalue weighted by Crippen LogP contribution is 2.11. The van der Waals surface area contributed by atoms with Crippen LogP contribution < -0.4 is 0 Å². The van der Waals surface area contributed by atoms with Gasteiger partial charge in [0.15, 0.2) is 0 Å². The van der Waals surface area contributed by atoms with Crippen molar-refractivity contribution >= 4 is 5.78 Å². The number of nitriles is 1. The van der Waals surface area contributed by atoms with Gasteiger partial charge in [0.25, 0.3) is 0 Å². The minimum absolute atomic E-state index is 0.168. The molecule has 0 aliphatic rings. The second-order valence-electron chi connectivity index (χ2n) is 2.91. The Balaban J connectivity index is 3.11. The highest BCUT2D eigenvalue weighted by Gasteiger charge is 2.14. The highest BCUT2D eigenvalue weighted by atomic mass is 19.1. The number of carbonyl (C=O) groups excluding carboxylic acids is 1. The largest absolute Gasteiger partial charge is 0.511 e. The van der Waals surface area contributed by atoms with Crippen molar-refractivity contribution < 1.29 is 14.3 Å². The van der Waals surface area contributed by atoms with Gasteiger partial charge in [0.1, 0.15) is 23.2 Å². The third-order valence-corrected chi connectivity index (χ3v) is 1.81.